The van der Waals surface area contributed by atoms with Gasteiger partial charge in [-0.3, -0.25) is 14.4 Å². The van der Waals surface area contributed by atoms with Gasteiger partial charge in [0, 0.05) is 12.5 Å². The highest BCUT2D eigenvalue weighted by Crippen LogP contribution is 2.26. The third kappa shape index (κ3) is 11.6. The molecule has 0 spiro atoms. The standard InChI is InChI=1S/C34H44N2O5/c1-6-16-26(7-2)30(27-19-12-9-13-20-27)35-33(40)31(34(3,4)5)36-32(39)28(23-29(37)38)21-14-15-22-41-24-25-17-10-8-11-18-25/h6-13,16-20,28,30-31H,1-2,14-15,21-24H2,3-5H3,(H,35,40)(H,36,39)(H,37,38)/b26-16+/t28-,30?,31-/m1/s1. The zero-order valence-corrected chi connectivity index (χ0v) is 24.5. The van der Waals surface area contributed by atoms with Crippen molar-refractivity contribution in [1.82, 2.24) is 10.6 Å². The molecule has 2 amide bonds. The van der Waals surface area contributed by atoms with Gasteiger partial charge in [-0.25, -0.2) is 0 Å². The van der Waals surface area contributed by atoms with Gasteiger partial charge in [0.2, 0.25) is 11.8 Å². The number of carbonyl (C=O) groups excluding carboxylic acids is 2. The van der Waals surface area contributed by atoms with E-state index in [1.54, 1.807) is 18.2 Å². The van der Waals surface area contributed by atoms with Crippen LogP contribution in [0.15, 0.2) is 97.6 Å². The quantitative estimate of drug-likeness (QED) is 0.159. The van der Waals surface area contributed by atoms with Crippen LogP contribution in [0.25, 0.3) is 0 Å². The predicted octanol–water partition coefficient (Wildman–Crippen LogP) is 6.15. The van der Waals surface area contributed by atoms with Gasteiger partial charge in [0.1, 0.15) is 6.04 Å². The van der Waals surface area contributed by atoms with Crippen molar-refractivity contribution >= 4 is 17.8 Å². The molecule has 3 atom stereocenters. The topological polar surface area (TPSA) is 105 Å². The second kappa shape index (κ2) is 17.0. The average molecular weight is 561 g/mol. The number of rotatable bonds is 17. The Morgan fingerprint density at radius 2 is 1.56 bits per heavy atom. The molecule has 0 saturated heterocycles. The number of nitrogens with one attached hydrogen (secondary N) is 2. The molecule has 1 unspecified atom stereocenters. The van der Waals surface area contributed by atoms with Crippen LogP contribution in [0.3, 0.4) is 0 Å². The molecule has 220 valence electrons. The molecule has 7 nitrogen and oxygen atoms in total. The largest absolute Gasteiger partial charge is 0.481 e. The smallest absolute Gasteiger partial charge is 0.304 e. The van der Waals surface area contributed by atoms with Gasteiger partial charge in [-0.2, -0.15) is 0 Å². The molecule has 0 fully saturated rings. The molecular weight excluding hydrogens is 516 g/mol. The normalized spacial score (nSPS) is 13.9. The fourth-order valence-electron chi connectivity index (χ4n) is 4.48. The van der Waals surface area contributed by atoms with Crippen LogP contribution in [0.5, 0.6) is 0 Å². The van der Waals surface area contributed by atoms with E-state index >= 15 is 0 Å². The van der Waals surface area contributed by atoms with Crippen LogP contribution in [0.2, 0.25) is 0 Å². The molecule has 2 rings (SSSR count). The summed E-state index contributed by atoms with van der Waals surface area (Å²) < 4.78 is 5.72. The molecule has 0 saturated carbocycles. The zero-order valence-electron chi connectivity index (χ0n) is 24.5. The van der Waals surface area contributed by atoms with Gasteiger partial charge >= 0.3 is 5.97 Å². The van der Waals surface area contributed by atoms with Crippen molar-refractivity contribution in [3.63, 3.8) is 0 Å². The van der Waals surface area contributed by atoms with Gasteiger partial charge in [-0.1, -0.05) is 119 Å². The number of allylic oxidation sites excluding steroid dienone is 2. The molecule has 7 heteroatoms. The Labute approximate surface area is 244 Å². The van der Waals surface area contributed by atoms with E-state index in [4.69, 9.17) is 4.74 Å². The molecule has 0 radical (unpaired) electrons. The van der Waals surface area contributed by atoms with Crippen molar-refractivity contribution in [2.24, 2.45) is 11.3 Å². The number of amides is 2. The third-order valence-corrected chi connectivity index (χ3v) is 6.71. The number of benzene rings is 2. The van der Waals surface area contributed by atoms with Crippen LogP contribution in [0.4, 0.5) is 0 Å². The summed E-state index contributed by atoms with van der Waals surface area (Å²) in [4.78, 5) is 38.6. The highest BCUT2D eigenvalue weighted by Gasteiger charge is 2.36. The molecule has 3 N–H and O–H groups in total. The predicted molar refractivity (Wildman–Crippen MR) is 163 cm³/mol. The zero-order chi connectivity index (χ0) is 30.3. The molecule has 2 aromatic rings. The second-order valence-electron chi connectivity index (χ2n) is 11.1. The van der Waals surface area contributed by atoms with Crippen molar-refractivity contribution in [3.8, 4) is 0 Å². The second-order valence-corrected chi connectivity index (χ2v) is 11.1. The van der Waals surface area contributed by atoms with Crippen molar-refractivity contribution in [2.45, 2.75) is 65.1 Å². The third-order valence-electron chi connectivity index (χ3n) is 6.71. The lowest BCUT2D eigenvalue weighted by molar-refractivity contribution is -0.142. The van der Waals surface area contributed by atoms with E-state index in [0.29, 0.717) is 32.5 Å². The number of hydrogen-bond acceptors (Lipinski definition) is 4. The lowest BCUT2D eigenvalue weighted by Gasteiger charge is -2.33. The summed E-state index contributed by atoms with van der Waals surface area (Å²) in [7, 11) is 0. The summed E-state index contributed by atoms with van der Waals surface area (Å²) in [6.45, 7) is 14.2. The molecule has 2 aromatic carbocycles. The minimum Gasteiger partial charge on any atom is -0.481 e. The molecule has 0 bridgehead atoms. The minimum atomic E-state index is -1.06. The average Bonchev–Trinajstić information content (AvgIpc) is 2.94. The van der Waals surface area contributed by atoms with Gasteiger partial charge in [0.05, 0.1) is 19.1 Å². The molecule has 0 aliphatic heterocycles. The van der Waals surface area contributed by atoms with Crippen LogP contribution >= 0.6 is 0 Å². The molecular formula is C34H44N2O5. The van der Waals surface area contributed by atoms with E-state index in [1.807, 2.05) is 81.4 Å². The summed E-state index contributed by atoms with van der Waals surface area (Å²) in [5.74, 6) is -2.65. The minimum absolute atomic E-state index is 0.315. The van der Waals surface area contributed by atoms with E-state index < -0.39 is 35.3 Å². The lowest BCUT2D eigenvalue weighted by atomic mass is 9.84. The molecule has 0 heterocycles. The van der Waals surface area contributed by atoms with Gasteiger partial charge < -0.3 is 20.5 Å². The van der Waals surface area contributed by atoms with Crippen LogP contribution in [-0.2, 0) is 25.7 Å². The fraction of sp³-hybridized carbons (Fsp3) is 0.382. The number of carboxylic acids is 1. The summed E-state index contributed by atoms with van der Waals surface area (Å²) in [5.41, 5.74) is 2.04. The van der Waals surface area contributed by atoms with E-state index in [2.05, 4.69) is 23.8 Å². The maximum absolute atomic E-state index is 13.7. The number of aliphatic carboxylic acids is 1. The Morgan fingerprint density at radius 3 is 2.12 bits per heavy atom. The van der Waals surface area contributed by atoms with E-state index in [0.717, 1.165) is 16.7 Å². The van der Waals surface area contributed by atoms with E-state index in [9.17, 15) is 19.5 Å². The Balaban J connectivity index is 2.09. The van der Waals surface area contributed by atoms with E-state index in [-0.39, 0.29) is 12.3 Å². The van der Waals surface area contributed by atoms with Gasteiger partial charge in [-0.05, 0) is 35.0 Å². The number of unbranched alkanes of at least 4 members (excludes halogenated alkanes) is 1. The van der Waals surface area contributed by atoms with Gasteiger partial charge in [0.25, 0.3) is 0 Å². The highest BCUT2D eigenvalue weighted by atomic mass is 16.5. The SMILES string of the molecule is C=C/C=C(\C=C)C(NC(=O)[C@@H](NC(=O)[C@H](CCCCOCc1ccccc1)CC(=O)O)C(C)(C)C)c1ccccc1. The highest BCUT2D eigenvalue weighted by molar-refractivity contribution is 5.90. The maximum Gasteiger partial charge on any atom is 0.304 e. The number of hydrogen-bond donors (Lipinski definition) is 3. The first-order valence-electron chi connectivity index (χ1n) is 14.0. The van der Waals surface area contributed by atoms with Crippen molar-refractivity contribution in [1.29, 1.82) is 0 Å². The molecule has 41 heavy (non-hydrogen) atoms. The first-order chi connectivity index (χ1) is 19.6. The number of carbonyl (C=O) groups is 3. The molecule has 0 aliphatic rings. The Hall–Kier alpha value is -3.97. The van der Waals surface area contributed by atoms with Crippen molar-refractivity contribution < 1.29 is 24.2 Å². The summed E-state index contributed by atoms with van der Waals surface area (Å²) >= 11 is 0. The van der Waals surface area contributed by atoms with Crippen molar-refractivity contribution in [2.75, 3.05) is 6.61 Å². The summed E-state index contributed by atoms with van der Waals surface area (Å²) in [6.07, 6.45) is 6.45. The Bertz CT molecular complexity index is 1170. The van der Waals surface area contributed by atoms with Crippen LogP contribution < -0.4 is 10.6 Å². The summed E-state index contributed by atoms with van der Waals surface area (Å²) in [5, 5.41) is 15.4. The lowest BCUT2D eigenvalue weighted by Crippen LogP contribution is -2.55. The monoisotopic (exact) mass is 560 g/mol. The first-order valence-corrected chi connectivity index (χ1v) is 14.0. The number of carboxylic acid groups (broad SMARTS) is 1. The fourth-order valence-corrected chi connectivity index (χ4v) is 4.48. The number of ether oxygens (including phenoxy) is 1. The van der Waals surface area contributed by atoms with Crippen LogP contribution in [0, 0.1) is 11.3 Å². The Kier molecular flexibility index (Phi) is 13.8. The van der Waals surface area contributed by atoms with Crippen molar-refractivity contribution in [3.05, 3.63) is 109 Å². The van der Waals surface area contributed by atoms with Crippen LogP contribution in [0.1, 0.15) is 63.6 Å². The molecule has 0 aliphatic carbocycles. The first kappa shape index (κ1) is 33.2. The maximum atomic E-state index is 13.7. The van der Waals surface area contributed by atoms with E-state index in [1.165, 1.54) is 0 Å². The van der Waals surface area contributed by atoms with Gasteiger partial charge in [-0.15, -0.1) is 0 Å². The Morgan fingerprint density at radius 1 is 0.927 bits per heavy atom. The van der Waals surface area contributed by atoms with Crippen LogP contribution in [-0.4, -0.2) is 35.5 Å². The molecule has 0 aromatic heterocycles. The van der Waals surface area contributed by atoms with Gasteiger partial charge in [0.15, 0.2) is 0 Å². The summed E-state index contributed by atoms with van der Waals surface area (Å²) in [6, 6.07) is 17.9.